The van der Waals surface area contributed by atoms with Gasteiger partial charge in [0.05, 0.1) is 6.04 Å². The minimum Gasteiger partial charge on any atom is -0.306 e. The fraction of sp³-hybridized carbons (Fsp3) is 0.294. The molecule has 1 atom stereocenters. The van der Waals surface area contributed by atoms with E-state index in [0.717, 1.165) is 24.1 Å². The van der Waals surface area contributed by atoms with Crippen LogP contribution in [0.15, 0.2) is 47.4 Å². The van der Waals surface area contributed by atoms with Crippen molar-refractivity contribution in [3.63, 3.8) is 0 Å². The zero-order chi connectivity index (χ0) is 15.2. The summed E-state index contributed by atoms with van der Waals surface area (Å²) in [5, 5.41) is 3.39. The van der Waals surface area contributed by atoms with E-state index in [2.05, 4.69) is 12.2 Å². The predicted molar refractivity (Wildman–Crippen MR) is 84.7 cm³/mol. The molecule has 0 fully saturated rings. The van der Waals surface area contributed by atoms with Gasteiger partial charge in [0, 0.05) is 4.90 Å². The Morgan fingerprint density at radius 1 is 1.00 bits per heavy atom. The van der Waals surface area contributed by atoms with Crippen LogP contribution in [0.2, 0.25) is 0 Å². The van der Waals surface area contributed by atoms with Crippen molar-refractivity contribution in [3.05, 3.63) is 65.2 Å². The van der Waals surface area contributed by atoms with Crippen molar-refractivity contribution >= 4 is 11.8 Å². The summed E-state index contributed by atoms with van der Waals surface area (Å²) in [7, 11) is 0. The van der Waals surface area contributed by atoms with Gasteiger partial charge in [-0.05, 0) is 54.6 Å². The van der Waals surface area contributed by atoms with Gasteiger partial charge in [-0.1, -0.05) is 25.1 Å². The maximum atomic E-state index is 13.5. The van der Waals surface area contributed by atoms with Gasteiger partial charge in [-0.15, -0.1) is 11.8 Å². The highest BCUT2D eigenvalue weighted by Gasteiger charge is 2.15. The Kier molecular flexibility index (Phi) is 5.76. The first-order valence-corrected chi connectivity index (χ1v) is 8.20. The quantitative estimate of drug-likeness (QED) is 0.771. The molecule has 2 rings (SSSR count). The molecule has 0 radical (unpaired) electrons. The topological polar surface area (TPSA) is 12.0 Å². The smallest absolute Gasteiger partial charge is 0.159 e. The van der Waals surface area contributed by atoms with E-state index in [0.29, 0.717) is 0 Å². The van der Waals surface area contributed by atoms with Crippen LogP contribution < -0.4 is 5.32 Å². The maximum Gasteiger partial charge on any atom is 0.159 e. The van der Waals surface area contributed by atoms with Crippen LogP contribution in [0.3, 0.4) is 0 Å². The molecule has 0 aliphatic rings. The number of thioether (sulfide) groups is 1. The van der Waals surface area contributed by atoms with E-state index < -0.39 is 11.6 Å². The lowest BCUT2D eigenvalue weighted by Crippen LogP contribution is -2.23. The number of halogens is 2. The molecule has 1 unspecified atom stereocenters. The Bertz CT molecular complexity index is 584. The molecular formula is C17H19F2NS. The molecule has 2 aromatic rings. The standard InChI is InChI=1S/C17H19F2NS/c1-3-10-20-17(12-4-7-14(21-2)8-5-12)13-6-9-15(18)16(19)11-13/h4-9,11,17,20H,3,10H2,1-2H3. The fourth-order valence-electron chi connectivity index (χ4n) is 2.21. The van der Waals surface area contributed by atoms with Crippen LogP contribution in [0.25, 0.3) is 0 Å². The zero-order valence-corrected chi connectivity index (χ0v) is 13.0. The Morgan fingerprint density at radius 2 is 1.67 bits per heavy atom. The van der Waals surface area contributed by atoms with Gasteiger partial charge in [-0.2, -0.15) is 0 Å². The van der Waals surface area contributed by atoms with E-state index in [1.165, 1.54) is 17.0 Å². The lowest BCUT2D eigenvalue weighted by Gasteiger charge is -2.20. The van der Waals surface area contributed by atoms with Gasteiger partial charge in [0.15, 0.2) is 11.6 Å². The summed E-state index contributed by atoms with van der Waals surface area (Å²) in [6, 6.07) is 12.1. The highest BCUT2D eigenvalue weighted by Crippen LogP contribution is 2.25. The fourth-order valence-corrected chi connectivity index (χ4v) is 2.61. The number of hydrogen-bond donors (Lipinski definition) is 1. The average Bonchev–Trinajstić information content (AvgIpc) is 2.51. The van der Waals surface area contributed by atoms with Crippen molar-refractivity contribution < 1.29 is 8.78 Å². The molecule has 1 nitrogen and oxygen atoms in total. The highest BCUT2D eigenvalue weighted by atomic mass is 32.2. The number of rotatable bonds is 6. The summed E-state index contributed by atoms with van der Waals surface area (Å²) in [4.78, 5) is 1.18. The first-order chi connectivity index (χ1) is 10.2. The van der Waals surface area contributed by atoms with E-state index in [1.54, 1.807) is 17.8 Å². The van der Waals surface area contributed by atoms with Crippen molar-refractivity contribution in [1.29, 1.82) is 0 Å². The molecular weight excluding hydrogens is 288 g/mol. The second-order valence-electron chi connectivity index (χ2n) is 4.83. The van der Waals surface area contributed by atoms with Crippen molar-refractivity contribution in [2.45, 2.75) is 24.3 Å². The van der Waals surface area contributed by atoms with Crippen molar-refractivity contribution in [1.82, 2.24) is 5.32 Å². The van der Waals surface area contributed by atoms with E-state index in [9.17, 15) is 8.78 Å². The number of nitrogens with one attached hydrogen (secondary N) is 1. The minimum absolute atomic E-state index is 0.129. The lowest BCUT2D eigenvalue weighted by atomic mass is 9.98. The van der Waals surface area contributed by atoms with Crippen molar-refractivity contribution in [2.75, 3.05) is 12.8 Å². The summed E-state index contributed by atoms with van der Waals surface area (Å²) < 4.78 is 26.6. The maximum absolute atomic E-state index is 13.5. The van der Waals surface area contributed by atoms with Crippen molar-refractivity contribution in [2.24, 2.45) is 0 Å². The molecule has 21 heavy (non-hydrogen) atoms. The van der Waals surface area contributed by atoms with Gasteiger partial charge < -0.3 is 5.32 Å². The summed E-state index contributed by atoms with van der Waals surface area (Å²) >= 11 is 1.68. The second kappa shape index (κ2) is 7.57. The third-order valence-corrected chi connectivity index (χ3v) is 4.07. The van der Waals surface area contributed by atoms with Crippen LogP contribution in [0.4, 0.5) is 8.78 Å². The molecule has 1 N–H and O–H groups in total. The molecule has 0 bridgehead atoms. The summed E-state index contributed by atoms with van der Waals surface area (Å²) in [5.41, 5.74) is 1.78. The Hall–Kier alpha value is -1.39. The molecule has 0 spiro atoms. The predicted octanol–water partition coefficient (Wildman–Crippen LogP) is 4.78. The second-order valence-corrected chi connectivity index (χ2v) is 5.71. The number of hydrogen-bond acceptors (Lipinski definition) is 2. The van der Waals surface area contributed by atoms with Gasteiger partial charge >= 0.3 is 0 Å². The monoisotopic (exact) mass is 307 g/mol. The van der Waals surface area contributed by atoms with Gasteiger partial charge in [0.2, 0.25) is 0 Å². The third-order valence-electron chi connectivity index (χ3n) is 3.32. The van der Waals surface area contributed by atoms with Crippen LogP contribution in [-0.2, 0) is 0 Å². The molecule has 4 heteroatoms. The zero-order valence-electron chi connectivity index (χ0n) is 12.2. The van der Waals surface area contributed by atoms with E-state index in [-0.39, 0.29) is 6.04 Å². The molecule has 2 aromatic carbocycles. The normalized spacial score (nSPS) is 12.4. The lowest BCUT2D eigenvalue weighted by molar-refractivity contribution is 0.503. The molecule has 0 aliphatic heterocycles. The molecule has 0 saturated heterocycles. The largest absolute Gasteiger partial charge is 0.306 e. The Labute approximate surface area is 128 Å². The Morgan fingerprint density at radius 3 is 2.24 bits per heavy atom. The molecule has 0 aromatic heterocycles. The van der Waals surface area contributed by atoms with Gasteiger partial charge in [-0.3, -0.25) is 0 Å². The van der Waals surface area contributed by atoms with Crippen LogP contribution in [-0.4, -0.2) is 12.8 Å². The summed E-state index contributed by atoms with van der Waals surface area (Å²) in [6.45, 7) is 2.89. The summed E-state index contributed by atoms with van der Waals surface area (Å²) in [5.74, 6) is -1.62. The molecule has 0 amide bonds. The molecule has 0 saturated carbocycles. The minimum atomic E-state index is -0.814. The van der Waals surface area contributed by atoms with Crippen LogP contribution in [0.5, 0.6) is 0 Å². The van der Waals surface area contributed by atoms with E-state index in [1.807, 2.05) is 30.5 Å². The highest BCUT2D eigenvalue weighted by molar-refractivity contribution is 7.98. The summed E-state index contributed by atoms with van der Waals surface area (Å²) in [6.07, 6.45) is 3.00. The third kappa shape index (κ3) is 4.05. The van der Waals surface area contributed by atoms with Crippen molar-refractivity contribution in [3.8, 4) is 0 Å². The van der Waals surface area contributed by atoms with Crippen LogP contribution >= 0.6 is 11.8 Å². The SMILES string of the molecule is CCCNC(c1ccc(SC)cc1)c1ccc(F)c(F)c1. The first-order valence-electron chi connectivity index (χ1n) is 6.98. The molecule has 0 aliphatic carbocycles. The van der Waals surface area contributed by atoms with Gasteiger partial charge in [-0.25, -0.2) is 8.78 Å². The average molecular weight is 307 g/mol. The van der Waals surface area contributed by atoms with Crippen LogP contribution in [0, 0.1) is 11.6 Å². The van der Waals surface area contributed by atoms with Gasteiger partial charge in [0.1, 0.15) is 0 Å². The van der Waals surface area contributed by atoms with Gasteiger partial charge in [0.25, 0.3) is 0 Å². The number of benzene rings is 2. The first kappa shape index (κ1) is 16.0. The van der Waals surface area contributed by atoms with E-state index >= 15 is 0 Å². The molecule has 0 heterocycles. The van der Waals surface area contributed by atoms with Crippen LogP contribution in [0.1, 0.15) is 30.5 Å². The molecule has 112 valence electrons. The Balaban J connectivity index is 2.33. The van der Waals surface area contributed by atoms with E-state index in [4.69, 9.17) is 0 Å².